The molecule has 0 saturated heterocycles. The lowest BCUT2D eigenvalue weighted by Gasteiger charge is -1.87. The molecule has 0 aliphatic rings. The van der Waals surface area contributed by atoms with Crippen LogP contribution in [-0.4, -0.2) is 28.3 Å². The Hall–Kier alpha value is -2.24. The zero-order valence-electron chi connectivity index (χ0n) is 16.0. The van der Waals surface area contributed by atoms with Gasteiger partial charge in [0, 0.05) is 20.4 Å². The first kappa shape index (κ1) is 25.0. The molecule has 0 aromatic carbocycles. The molecule has 2 heterocycles. The van der Waals surface area contributed by atoms with Gasteiger partial charge in [0.25, 0.3) is 0 Å². The summed E-state index contributed by atoms with van der Waals surface area (Å²) in [6, 6.07) is 5.65. The van der Waals surface area contributed by atoms with Crippen molar-refractivity contribution in [3.05, 3.63) is 65.7 Å². The Morgan fingerprint density at radius 3 is 1.92 bits per heavy atom. The van der Waals surface area contributed by atoms with Crippen molar-refractivity contribution in [1.29, 1.82) is 0 Å². The van der Waals surface area contributed by atoms with Gasteiger partial charge in [-0.25, -0.2) is 0 Å². The lowest BCUT2D eigenvalue weighted by Crippen LogP contribution is -1.86. The fourth-order valence-corrected chi connectivity index (χ4v) is 2.24. The monoisotopic (exact) mass is 362 g/mol. The molecule has 5 heteroatoms. The summed E-state index contributed by atoms with van der Waals surface area (Å²) in [6.45, 7) is 8.00. The highest BCUT2D eigenvalue weighted by atomic mass is 32.1. The summed E-state index contributed by atoms with van der Waals surface area (Å²) >= 11 is 1.46. The van der Waals surface area contributed by atoms with Gasteiger partial charge < -0.3 is 5.11 Å². The van der Waals surface area contributed by atoms with Gasteiger partial charge in [-0.15, -0.1) is 11.3 Å². The average Bonchev–Trinajstić information content (AvgIpc) is 3.31. The molecule has 0 fully saturated rings. The molecule has 0 unspecified atom stereocenters. The topological polar surface area (TPSA) is 55.1 Å². The van der Waals surface area contributed by atoms with E-state index in [9.17, 15) is 4.79 Å². The van der Waals surface area contributed by atoms with Crippen LogP contribution < -0.4 is 0 Å². The van der Waals surface area contributed by atoms with Crippen molar-refractivity contribution in [3.8, 4) is 10.6 Å². The number of allylic oxidation sites excluding steroid dienone is 6. The number of aliphatic hydroxyl groups excluding tert-OH is 1. The standard InChI is InChI=1S/C9H8N2OS.C8H12.C2H6.CH4O/c1-11-5-4-8(10-11)9-3-2-7(6-12)13-9;1-3-5-7-8-6-4-2;2*1-2/h2-6H,1H3;3-8H,1-2H3;1-2H3;2H,1H3/b;5-3-,6-4-,8-7-;;. The van der Waals surface area contributed by atoms with Gasteiger partial charge in [-0.1, -0.05) is 50.3 Å². The number of hydrogen-bond donors (Lipinski definition) is 1. The highest BCUT2D eigenvalue weighted by Crippen LogP contribution is 2.25. The maximum Gasteiger partial charge on any atom is 0.160 e. The van der Waals surface area contributed by atoms with Crippen molar-refractivity contribution < 1.29 is 9.90 Å². The lowest BCUT2D eigenvalue weighted by molar-refractivity contribution is 0.112. The van der Waals surface area contributed by atoms with E-state index in [1.807, 2.05) is 95.6 Å². The normalized spacial score (nSPS) is 9.88. The predicted molar refractivity (Wildman–Crippen MR) is 110 cm³/mol. The van der Waals surface area contributed by atoms with Crippen LogP contribution in [0.1, 0.15) is 37.4 Å². The van der Waals surface area contributed by atoms with Crippen LogP contribution in [0.15, 0.2) is 60.9 Å². The Balaban J connectivity index is 0. The van der Waals surface area contributed by atoms with Gasteiger partial charge in [0.15, 0.2) is 6.29 Å². The number of aldehydes is 1. The van der Waals surface area contributed by atoms with Crippen LogP contribution in [0.2, 0.25) is 0 Å². The van der Waals surface area contributed by atoms with Crippen LogP contribution in [0.25, 0.3) is 10.6 Å². The van der Waals surface area contributed by atoms with Gasteiger partial charge in [0.2, 0.25) is 0 Å². The predicted octanol–water partition coefficient (Wildman–Crippen LogP) is 5.29. The summed E-state index contributed by atoms with van der Waals surface area (Å²) in [7, 11) is 2.87. The Morgan fingerprint density at radius 2 is 1.56 bits per heavy atom. The molecule has 0 spiro atoms. The molecule has 138 valence electrons. The molecule has 1 N–H and O–H groups in total. The van der Waals surface area contributed by atoms with E-state index < -0.39 is 0 Å². The Morgan fingerprint density at radius 1 is 1.00 bits per heavy atom. The molecule has 0 aliphatic heterocycles. The summed E-state index contributed by atoms with van der Waals surface area (Å²) in [5.41, 5.74) is 0.917. The second-order valence-electron chi connectivity index (χ2n) is 4.13. The van der Waals surface area contributed by atoms with Crippen LogP contribution in [0, 0.1) is 0 Å². The smallest absolute Gasteiger partial charge is 0.160 e. The number of carbonyl (C=O) groups is 1. The van der Waals surface area contributed by atoms with Crippen LogP contribution in [0.5, 0.6) is 0 Å². The largest absolute Gasteiger partial charge is 0.400 e. The van der Waals surface area contributed by atoms with Gasteiger partial charge >= 0.3 is 0 Å². The lowest BCUT2D eigenvalue weighted by atomic mass is 10.3. The van der Waals surface area contributed by atoms with Crippen molar-refractivity contribution in [1.82, 2.24) is 9.78 Å². The van der Waals surface area contributed by atoms with Crippen LogP contribution >= 0.6 is 11.3 Å². The highest BCUT2D eigenvalue weighted by molar-refractivity contribution is 7.17. The number of carbonyl (C=O) groups excluding carboxylic acids is 1. The third kappa shape index (κ3) is 11.9. The Kier molecular flexibility index (Phi) is 18.1. The van der Waals surface area contributed by atoms with Crippen molar-refractivity contribution in [2.24, 2.45) is 7.05 Å². The number of nitrogens with zero attached hydrogens (tertiary/aromatic N) is 2. The van der Waals surface area contributed by atoms with Crippen molar-refractivity contribution in [2.45, 2.75) is 27.7 Å². The van der Waals surface area contributed by atoms with E-state index in [-0.39, 0.29) is 0 Å². The zero-order valence-corrected chi connectivity index (χ0v) is 16.8. The first-order valence-electron chi connectivity index (χ1n) is 8.11. The van der Waals surface area contributed by atoms with Gasteiger partial charge in [-0.3, -0.25) is 9.48 Å². The van der Waals surface area contributed by atoms with Gasteiger partial charge in [0.1, 0.15) is 5.69 Å². The van der Waals surface area contributed by atoms with Crippen molar-refractivity contribution in [2.75, 3.05) is 7.11 Å². The minimum atomic E-state index is 0.737. The van der Waals surface area contributed by atoms with E-state index in [1.165, 1.54) is 11.3 Å². The summed E-state index contributed by atoms with van der Waals surface area (Å²) in [5, 5.41) is 11.2. The van der Waals surface area contributed by atoms with Crippen LogP contribution in [0.4, 0.5) is 0 Å². The molecule has 2 rings (SSSR count). The summed E-state index contributed by atoms with van der Waals surface area (Å²) in [4.78, 5) is 12.2. The maximum atomic E-state index is 10.4. The molecule has 0 aliphatic carbocycles. The van der Waals surface area contributed by atoms with Crippen LogP contribution in [0.3, 0.4) is 0 Å². The second kappa shape index (κ2) is 18.1. The first-order valence-corrected chi connectivity index (χ1v) is 8.93. The fraction of sp³-hybridized carbons (Fsp3) is 0.300. The SMILES string of the molecule is CC.CO.C\C=C/C=C\C=C/C.Cn1ccc(-c2ccc(C=O)s2)n1. The molecule has 2 aromatic heterocycles. The average molecular weight is 363 g/mol. The number of rotatable bonds is 4. The molecule has 2 aromatic rings. The third-order valence-corrected chi connectivity index (χ3v) is 3.46. The highest BCUT2D eigenvalue weighted by Gasteiger charge is 2.04. The molecular weight excluding hydrogens is 332 g/mol. The van der Waals surface area contributed by atoms with E-state index >= 15 is 0 Å². The number of aryl methyl sites for hydroxylation is 1. The minimum absolute atomic E-state index is 0.737. The minimum Gasteiger partial charge on any atom is -0.400 e. The van der Waals surface area contributed by atoms with E-state index in [1.54, 1.807) is 4.68 Å². The number of thiophene rings is 1. The van der Waals surface area contributed by atoms with Crippen LogP contribution in [-0.2, 0) is 7.05 Å². The Bertz CT molecular complexity index is 624. The molecule has 0 atom stereocenters. The molecule has 0 radical (unpaired) electrons. The van der Waals surface area contributed by atoms with E-state index in [0.29, 0.717) is 0 Å². The maximum absolute atomic E-state index is 10.4. The van der Waals surface area contributed by atoms with Gasteiger partial charge in [0.05, 0.1) is 9.75 Å². The summed E-state index contributed by atoms with van der Waals surface area (Å²) in [6.07, 6.45) is 14.7. The Labute approximate surface area is 155 Å². The number of hydrogen-bond acceptors (Lipinski definition) is 4. The first-order chi connectivity index (χ1) is 12.2. The number of aromatic nitrogens is 2. The van der Waals surface area contributed by atoms with E-state index in [2.05, 4.69) is 5.10 Å². The van der Waals surface area contributed by atoms with Gasteiger partial charge in [-0.05, 0) is 32.0 Å². The molecule has 0 amide bonds. The molecule has 0 saturated carbocycles. The summed E-state index contributed by atoms with van der Waals surface area (Å²) in [5.74, 6) is 0. The molecular formula is C20H30N2O2S. The molecule has 25 heavy (non-hydrogen) atoms. The van der Waals surface area contributed by atoms with E-state index in [0.717, 1.165) is 28.8 Å². The zero-order chi connectivity index (χ0) is 19.5. The van der Waals surface area contributed by atoms with Crippen molar-refractivity contribution in [3.63, 3.8) is 0 Å². The van der Waals surface area contributed by atoms with Gasteiger partial charge in [-0.2, -0.15) is 5.10 Å². The van der Waals surface area contributed by atoms with E-state index in [4.69, 9.17) is 5.11 Å². The summed E-state index contributed by atoms with van der Waals surface area (Å²) < 4.78 is 1.75. The van der Waals surface area contributed by atoms with Crippen molar-refractivity contribution >= 4 is 17.6 Å². The quantitative estimate of drug-likeness (QED) is 0.594. The second-order valence-corrected chi connectivity index (χ2v) is 5.25. The molecule has 4 nitrogen and oxygen atoms in total. The number of aliphatic hydroxyl groups is 1. The third-order valence-electron chi connectivity index (χ3n) is 2.43. The fourth-order valence-electron chi connectivity index (χ4n) is 1.45. The molecule has 0 bridgehead atoms.